The third-order valence-electron chi connectivity index (χ3n) is 6.17. The first kappa shape index (κ1) is 34.4. The molecular weight excluding hydrogens is 564 g/mol. The second-order valence-electron chi connectivity index (χ2n) is 9.40. The summed E-state index contributed by atoms with van der Waals surface area (Å²) in [7, 11) is 1.58. The molecule has 43 heavy (non-hydrogen) atoms. The van der Waals surface area contributed by atoms with Crippen LogP contribution >= 0.6 is 0 Å². The maximum atomic E-state index is 13.4. The van der Waals surface area contributed by atoms with Gasteiger partial charge in [0.25, 0.3) is 12.4 Å². The van der Waals surface area contributed by atoms with Crippen LogP contribution in [-0.2, 0) is 23.9 Å². The highest BCUT2D eigenvalue weighted by atomic mass is 16.6. The summed E-state index contributed by atoms with van der Waals surface area (Å²) in [6.07, 6.45) is -0.877. The number of hydrogen-bond acceptors (Lipinski definition) is 10. The molecule has 1 aliphatic rings. The zero-order valence-corrected chi connectivity index (χ0v) is 24.4. The number of aromatic nitrogens is 2. The summed E-state index contributed by atoms with van der Waals surface area (Å²) in [5.74, 6) is -1.46. The van der Waals surface area contributed by atoms with Crippen LogP contribution in [0.15, 0.2) is 36.4 Å². The number of hydrogen-bond donors (Lipinski definition) is 4. The molecule has 1 fully saturated rings. The van der Waals surface area contributed by atoms with Crippen LogP contribution in [0.5, 0.6) is 0 Å². The Kier molecular flexibility index (Phi) is 14.3. The number of ether oxygens (including phenoxy) is 2. The van der Waals surface area contributed by atoms with E-state index in [1.165, 1.54) is 15.9 Å². The smallest absolute Gasteiger partial charge is 0.409 e. The molecule has 1 unspecified atom stereocenters. The van der Waals surface area contributed by atoms with Gasteiger partial charge in [-0.15, -0.1) is 0 Å². The summed E-state index contributed by atoms with van der Waals surface area (Å²) in [5, 5.41) is 22.0. The molecule has 15 nitrogen and oxygen atoms in total. The highest BCUT2D eigenvalue weighted by molar-refractivity contribution is 5.97. The number of carboxylic acid groups (broad SMARTS) is 2. The zero-order valence-electron chi connectivity index (χ0n) is 24.4. The monoisotopic (exact) mass is 602 g/mol. The summed E-state index contributed by atoms with van der Waals surface area (Å²) in [5.41, 5.74) is 0.707. The Balaban J connectivity index is 0.00000206. The lowest BCUT2D eigenvalue weighted by atomic mass is 10.1. The van der Waals surface area contributed by atoms with Gasteiger partial charge in [-0.3, -0.25) is 19.2 Å². The van der Waals surface area contributed by atoms with Crippen molar-refractivity contribution in [1.82, 2.24) is 25.1 Å². The first-order chi connectivity index (χ1) is 20.6. The van der Waals surface area contributed by atoms with Crippen molar-refractivity contribution in [1.29, 1.82) is 0 Å². The van der Waals surface area contributed by atoms with Crippen LogP contribution in [0.3, 0.4) is 0 Å². The van der Waals surface area contributed by atoms with Gasteiger partial charge in [-0.2, -0.15) is 0 Å². The van der Waals surface area contributed by atoms with E-state index in [4.69, 9.17) is 19.4 Å². The first-order valence-electron chi connectivity index (χ1n) is 13.6. The molecule has 1 saturated heterocycles. The topological polar surface area (TPSA) is 201 Å². The molecule has 3 rings (SSSR count). The van der Waals surface area contributed by atoms with Crippen molar-refractivity contribution >= 4 is 36.2 Å². The van der Waals surface area contributed by atoms with Crippen molar-refractivity contribution in [2.45, 2.75) is 38.8 Å². The Labute approximate surface area is 249 Å². The van der Waals surface area contributed by atoms with Gasteiger partial charge < -0.3 is 40.1 Å². The number of methoxy groups -OCH3 is 1. The molecule has 2 heterocycles. The zero-order chi connectivity index (χ0) is 31.8. The number of carbonyl (C=O) groups is 5. The van der Waals surface area contributed by atoms with Crippen molar-refractivity contribution in [3.05, 3.63) is 42.1 Å². The van der Waals surface area contributed by atoms with E-state index < -0.39 is 29.9 Å². The lowest BCUT2D eigenvalue weighted by Crippen LogP contribution is -2.56. The molecule has 3 amide bonds. The van der Waals surface area contributed by atoms with Crippen LogP contribution in [0.25, 0.3) is 11.4 Å². The number of amides is 3. The van der Waals surface area contributed by atoms with Gasteiger partial charge in [0.2, 0.25) is 5.91 Å². The average Bonchev–Trinajstić information content (AvgIpc) is 2.99. The maximum absolute atomic E-state index is 13.4. The van der Waals surface area contributed by atoms with E-state index in [0.29, 0.717) is 23.8 Å². The Morgan fingerprint density at radius 2 is 1.70 bits per heavy atom. The second-order valence-corrected chi connectivity index (χ2v) is 9.40. The van der Waals surface area contributed by atoms with E-state index in [9.17, 15) is 24.3 Å². The summed E-state index contributed by atoms with van der Waals surface area (Å²) < 4.78 is 10.2. The van der Waals surface area contributed by atoms with Crippen LogP contribution in [-0.4, -0.2) is 119 Å². The number of nitrogens with zero attached hydrogens (tertiary/aromatic N) is 4. The summed E-state index contributed by atoms with van der Waals surface area (Å²) in [6, 6.07) is 9.40. The molecule has 0 aliphatic carbocycles. The van der Waals surface area contributed by atoms with Gasteiger partial charge in [0.15, 0.2) is 5.82 Å². The Morgan fingerprint density at radius 1 is 1.07 bits per heavy atom. The number of carbonyl (C=O) groups excluding carboxylic acids is 3. The van der Waals surface area contributed by atoms with E-state index in [1.807, 2.05) is 37.3 Å². The Bertz CT molecular complexity index is 1220. The normalized spacial score (nSPS) is 13.9. The molecule has 2 atom stereocenters. The van der Waals surface area contributed by atoms with Gasteiger partial charge in [0.1, 0.15) is 17.6 Å². The molecular formula is C28H38N6O9. The van der Waals surface area contributed by atoms with Crippen LogP contribution in [0, 0.1) is 0 Å². The molecule has 1 aromatic carbocycles. The van der Waals surface area contributed by atoms with E-state index >= 15 is 0 Å². The minimum absolute atomic E-state index is 0.0150. The lowest BCUT2D eigenvalue weighted by molar-refractivity contribution is -0.138. The third kappa shape index (κ3) is 11.2. The second kappa shape index (κ2) is 17.9. The standard InChI is InChI=1S/C27H36N6O7.CH2O2/c1-4-40-27(38)33-14-12-32(13-15-33)26(37)20(10-11-23(34)35)30-25(36)21-16-22(28-18(2)17-39-3)31-24(29-21)19-8-6-5-7-9-19;2-1-3/h5-9,16,18,20H,4,10-15,17H2,1-3H3,(H,30,36)(H,34,35)(H,28,29,31);1H,(H,2,3)/t18?,20-;/m0./s1. The number of aliphatic carboxylic acids is 1. The maximum Gasteiger partial charge on any atom is 0.409 e. The number of nitrogens with one attached hydrogen (secondary N) is 2. The van der Waals surface area contributed by atoms with Gasteiger partial charge in [0, 0.05) is 57.4 Å². The fraction of sp³-hybridized carbons (Fsp3) is 0.464. The molecule has 15 heteroatoms. The number of piperazine rings is 1. The van der Waals surface area contributed by atoms with Gasteiger partial charge in [0.05, 0.1) is 13.2 Å². The molecule has 1 aromatic heterocycles. The predicted octanol–water partition coefficient (Wildman–Crippen LogP) is 1.56. The quantitative estimate of drug-likeness (QED) is 0.256. The van der Waals surface area contributed by atoms with Gasteiger partial charge in [-0.05, 0) is 20.3 Å². The highest BCUT2D eigenvalue weighted by Gasteiger charge is 2.31. The molecule has 1 aliphatic heterocycles. The average molecular weight is 603 g/mol. The van der Waals surface area contributed by atoms with Crippen molar-refractivity contribution in [3.63, 3.8) is 0 Å². The van der Waals surface area contributed by atoms with Crippen molar-refractivity contribution in [2.75, 3.05) is 51.8 Å². The van der Waals surface area contributed by atoms with E-state index in [-0.39, 0.29) is 63.8 Å². The van der Waals surface area contributed by atoms with E-state index in [0.717, 1.165) is 0 Å². The predicted molar refractivity (Wildman–Crippen MR) is 154 cm³/mol. The minimum atomic E-state index is -1.10. The number of benzene rings is 1. The van der Waals surface area contributed by atoms with Gasteiger partial charge in [-0.25, -0.2) is 14.8 Å². The highest BCUT2D eigenvalue weighted by Crippen LogP contribution is 2.19. The van der Waals surface area contributed by atoms with Crippen LogP contribution in [0.1, 0.15) is 37.2 Å². The summed E-state index contributed by atoms with van der Waals surface area (Å²) in [4.78, 5) is 70.4. The van der Waals surface area contributed by atoms with Crippen molar-refractivity contribution in [3.8, 4) is 11.4 Å². The van der Waals surface area contributed by atoms with E-state index in [2.05, 4.69) is 20.6 Å². The largest absolute Gasteiger partial charge is 0.483 e. The van der Waals surface area contributed by atoms with Crippen LogP contribution in [0.4, 0.5) is 10.6 Å². The SMILES string of the molecule is CCOC(=O)N1CCN(C(=O)[C@H](CCC(=O)O)NC(=O)c2cc(NC(C)COC)nc(-c3ccccc3)n2)CC1.O=CO. The number of carboxylic acids is 1. The minimum Gasteiger partial charge on any atom is -0.483 e. The molecule has 0 bridgehead atoms. The van der Waals surface area contributed by atoms with Crippen LogP contribution < -0.4 is 10.6 Å². The van der Waals surface area contributed by atoms with Gasteiger partial charge in [-0.1, -0.05) is 30.3 Å². The Hall–Kier alpha value is -4.79. The molecule has 2 aromatic rings. The van der Waals surface area contributed by atoms with Crippen molar-refractivity contribution < 1.29 is 43.7 Å². The van der Waals surface area contributed by atoms with E-state index in [1.54, 1.807) is 14.0 Å². The molecule has 4 N–H and O–H groups in total. The summed E-state index contributed by atoms with van der Waals surface area (Å²) >= 11 is 0. The third-order valence-corrected chi connectivity index (χ3v) is 6.17. The number of anilines is 1. The van der Waals surface area contributed by atoms with Crippen molar-refractivity contribution in [2.24, 2.45) is 0 Å². The summed E-state index contributed by atoms with van der Waals surface area (Å²) in [6.45, 7) is 5.02. The number of rotatable bonds is 12. The molecule has 0 saturated carbocycles. The molecule has 0 radical (unpaired) electrons. The van der Waals surface area contributed by atoms with Gasteiger partial charge >= 0.3 is 12.1 Å². The van der Waals surface area contributed by atoms with Crippen LogP contribution in [0.2, 0.25) is 0 Å². The molecule has 234 valence electrons. The Morgan fingerprint density at radius 3 is 2.28 bits per heavy atom. The fourth-order valence-corrected chi connectivity index (χ4v) is 4.20. The fourth-order valence-electron chi connectivity index (χ4n) is 4.20. The molecule has 0 spiro atoms. The lowest BCUT2D eigenvalue weighted by Gasteiger charge is -2.35. The first-order valence-corrected chi connectivity index (χ1v) is 13.6.